The number of amides is 1. The van der Waals surface area contributed by atoms with Gasteiger partial charge in [0.2, 0.25) is 10.0 Å². The lowest BCUT2D eigenvalue weighted by Gasteiger charge is -2.45. The van der Waals surface area contributed by atoms with E-state index in [0.29, 0.717) is 68.0 Å². The molecule has 1 saturated heterocycles. The van der Waals surface area contributed by atoms with Crippen LogP contribution in [0, 0.1) is 30.1 Å². The number of hydrogen-bond acceptors (Lipinski definition) is 11. The van der Waals surface area contributed by atoms with Crippen molar-refractivity contribution >= 4 is 65.8 Å². The van der Waals surface area contributed by atoms with Crippen LogP contribution in [-0.4, -0.2) is 83.4 Å². The number of aromatic nitrogens is 4. The third-order valence-electron chi connectivity index (χ3n) is 9.94. The van der Waals surface area contributed by atoms with Crippen molar-refractivity contribution < 1.29 is 17.6 Å². The monoisotopic (exact) mass is 772 g/mol. The average molecular weight is 773 g/mol. The van der Waals surface area contributed by atoms with Crippen molar-refractivity contribution in [3.63, 3.8) is 0 Å². The van der Waals surface area contributed by atoms with Gasteiger partial charge < -0.3 is 9.80 Å². The van der Waals surface area contributed by atoms with Gasteiger partial charge in [-0.25, -0.2) is 27.5 Å². The molecule has 1 aromatic carbocycles. The highest BCUT2D eigenvalue weighted by Crippen LogP contribution is 2.37. The average Bonchev–Trinajstić information content (AvgIpc) is 3.56. The lowest BCUT2D eigenvalue weighted by Crippen LogP contribution is -2.52. The van der Waals surface area contributed by atoms with E-state index in [0.717, 1.165) is 32.2 Å². The fourth-order valence-electron chi connectivity index (χ4n) is 7.09. The summed E-state index contributed by atoms with van der Waals surface area (Å²) in [5.41, 5.74) is 2.49. The van der Waals surface area contributed by atoms with Crippen molar-refractivity contribution in [3.8, 4) is 29.0 Å². The zero-order chi connectivity index (χ0) is 37.6. The molecule has 7 rings (SSSR count). The van der Waals surface area contributed by atoms with Gasteiger partial charge in [0.05, 0.1) is 45.7 Å². The van der Waals surface area contributed by atoms with Gasteiger partial charge in [0.15, 0.2) is 0 Å². The summed E-state index contributed by atoms with van der Waals surface area (Å²) in [4.78, 5) is 44.6. The van der Waals surface area contributed by atoms with E-state index in [4.69, 9.17) is 11.6 Å². The Bertz CT molecular complexity index is 2560. The topological polar surface area (TPSA) is 154 Å². The number of alkyl halides is 1. The first-order chi connectivity index (χ1) is 25.3. The number of pyridine rings is 2. The molecule has 272 valence electrons. The van der Waals surface area contributed by atoms with E-state index in [9.17, 15) is 27.7 Å². The summed E-state index contributed by atoms with van der Waals surface area (Å²) in [6.45, 7) is 3.36. The highest BCUT2D eigenvalue weighted by atomic mass is 35.5. The van der Waals surface area contributed by atoms with Crippen LogP contribution >= 0.6 is 22.9 Å². The summed E-state index contributed by atoms with van der Waals surface area (Å²) in [5.74, 6) is 6.30. The van der Waals surface area contributed by atoms with Gasteiger partial charge in [-0.3, -0.25) is 19.1 Å². The number of nitriles is 1. The molecule has 5 heterocycles. The molecule has 0 spiro atoms. The Kier molecular flexibility index (Phi) is 9.95. The Morgan fingerprint density at radius 3 is 2.64 bits per heavy atom. The normalized spacial score (nSPS) is 17.9. The van der Waals surface area contributed by atoms with E-state index >= 15 is 0 Å². The van der Waals surface area contributed by atoms with Crippen LogP contribution in [0.1, 0.15) is 53.0 Å². The molecule has 2 aliphatic rings. The maximum Gasteiger partial charge on any atom is 0.267 e. The van der Waals surface area contributed by atoms with E-state index in [2.05, 4.69) is 37.8 Å². The lowest BCUT2D eigenvalue weighted by molar-refractivity contribution is 0.0382. The van der Waals surface area contributed by atoms with Crippen LogP contribution in [0.4, 0.5) is 10.2 Å². The smallest absolute Gasteiger partial charge is 0.267 e. The molecule has 1 saturated carbocycles. The lowest BCUT2D eigenvalue weighted by atomic mass is 9.87. The van der Waals surface area contributed by atoms with Crippen molar-refractivity contribution in [2.75, 3.05) is 31.3 Å². The number of benzene rings is 1. The number of aryl methyl sites for hydroxylation is 1. The van der Waals surface area contributed by atoms with Crippen molar-refractivity contribution in [1.29, 1.82) is 5.26 Å². The molecular formula is C37H34ClFN8O4S2. The summed E-state index contributed by atoms with van der Waals surface area (Å²) < 4.78 is 40.9. The van der Waals surface area contributed by atoms with Crippen molar-refractivity contribution in [2.45, 2.75) is 57.4 Å². The largest absolute Gasteiger partial charge is 0.355 e. The standard InChI is InChI=1S/C37H34ClFN8O4S2/c1-21-43-31-19-42-35(45(2)25-9-13-46(14-10-25)26-16-24(39)17-26)29(18-40)32(31)37(49)47(21)12-4-5-22-6-7-23(38)15-28(22)27-8-11-41-33-30(20-52-34(27)33)36(48)44-53(3,50)51/h6-8,11,15,19-20,24-26H,9-10,12-14,16-17H2,1-3H3,(H,44,48). The number of nitrogens with one attached hydrogen (secondary N) is 1. The molecule has 0 atom stereocenters. The molecule has 1 N–H and O–H groups in total. The molecule has 12 nitrogen and oxygen atoms in total. The van der Waals surface area contributed by atoms with Crippen LogP contribution in [0.25, 0.3) is 32.2 Å². The van der Waals surface area contributed by atoms with Gasteiger partial charge in [0.1, 0.15) is 29.4 Å². The van der Waals surface area contributed by atoms with Gasteiger partial charge in [0.25, 0.3) is 11.5 Å². The Hall–Kier alpha value is -4.93. The predicted molar refractivity (Wildman–Crippen MR) is 203 cm³/mol. The van der Waals surface area contributed by atoms with Crippen molar-refractivity contribution in [1.82, 2.24) is 29.1 Å². The fraction of sp³-hybridized carbons (Fsp3) is 0.351. The fourth-order valence-corrected chi connectivity index (χ4v) is 8.74. The number of fused-ring (bicyclic) bond motifs is 2. The molecule has 1 aliphatic heterocycles. The van der Waals surface area contributed by atoms with Crippen LogP contribution in [0.3, 0.4) is 0 Å². The number of sulfonamides is 1. The maximum absolute atomic E-state index is 14.1. The van der Waals surface area contributed by atoms with Gasteiger partial charge >= 0.3 is 0 Å². The molecule has 5 aromatic rings. The second-order valence-corrected chi connectivity index (χ2v) is 16.4. The van der Waals surface area contributed by atoms with E-state index in [-0.39, 0.29) is 29.1 Å². The van der Waals surface area contributed by atoms with Crippen LogP contribution in [0.15, 0.2) is 46.8 Å². The number of halogens is 2. The molecule has 16 heteroatoms. The number of anilines is 1. The third-order valence-corrected chi connectivity index (χ3v) is 11.7. The highest BCUT2D eigenvalue weighted by molar-refractivity contribution is 7.89. The number of hydrogen-bond donors (Lipinski definition) is 1. The summed E-state index contributed by atoms with van der Waals surface area (Å²) in [5, 5.41) is 12.5. The minimum Gasteiger partial charge on any atom is -0.355 e. The zero-order valence-electron chi connectivity index (χ0n) is 29.1. The molecule has 53 heavy (non-hydrogen) atoms. The second kappa shape index (κ2) is 14.5. The number of carbonyl (C=O) groups excluding carboxylic acids is 1. The molecule has 4 aromatic heterocycles. The van der Waals surface area contributed by atoms with Gasteiger partial charge in [-0.2, -0.15) is 5.26 Å². The molecule has 1 amide bonds. The van der Waals surface area contributed by atoms with Gasteiger partial charge in [-0.05, 0) is 56.9 Å². The van der Waals surface area contributed by atoms with Crippen molar-refractivity contribution in [2.24, 2.45) is 0 Å². The summed E-state index contributed by atoms with van der Waals surface area (Å²) in [6, 6.07) is 9.60. The number of rotatable bonds is 7. The van der Waals surface area contributed by atoms with E-state index in [1.165, 1.54) is 28.3 Å². The van der Waals surface area contributed by atoms with Crippen LogP contribution in [0.5, 0.6) is 0 Å². The Morgan fingerprint density at radius 1 is 1.19 bits per heavy atom. The zero-order valence-corrected chi connectivity index (χ0v) is 31.4. The number of nitrogens with zero attached hydrogens (tertiary/aromatic N) is 7. The minimum atomic E-state index is -3.78. The molecule has 0 bridgehead atoms. The Morgan fingerprint density at radius 2 is 1.94 bits per heavy atom. The highest BCUT2D eigenvalue weighted by Gasteiger charge is 2.36. The SMILES string of the molecule is Cc1nc2cnc(N(C)C3CCN(C4CC(F)C4)CC3)c(C#N)c2c(=O)n1CC#Cc1ccc(Cl)cc1-c1ccnc2c(C(=O)NS(C)(=O)=O)csc12. The third kappa shape index (κ3) is 7.22. The van der Waals surface area contributed by atoms with Crippen LogP contribution in [-0.2, 0) is 16.6 Å². The molecule has 0 radical (unpaired) electrons. The molecular weight excluding hydrogens is 739 g/mol. The van der Waals surface area contributed by atoms with Gasteiger partial charge in [0, 0.05) is 65.5 Å². The quantitative estimate of drug-likeness (QED) is 0.223. The minimum absolute atomic E-state index is 0.0199. The first kappa shape index (κ1) is 36.4. The summed E-state index contributed by atoms with van der Waals surface area (Å²) in [6.07, 6.45) is 6.13. The first-order valence-corrected chi connectivity index (χ1v) is 20.1. The predicted octanol–water partition coefficient (Wildman–Crippen LogP) is 5.04. The molecule has 1 aliphatic carbocycles. The van der Waals surface area contributed by atoms with Gasteiger partial charge in [-0.15, -0.1) is 11.3 Å². The second-order valence-electron chi connectivity index (χ2n) is 13.4. The molecule has 2 fully saturated rings. The number of piperidine rings is 1. The van der Waals surface area contributed by atoms with E-state index in [1.807, 2.05) is 16.7 Å². The number of carbonyl (C=O) groups is 1. The summed E-state index contributed by atoms with van der Waals surface area (Å²) >= 11 is 7.66. The molecule has 0 unspecified atom stereocenters. The van der Waals surface area contributed by atoms with Gasteiger partial charge in [-0.1, -0.05) is 23.4 Å². The van der Waals surface area contributed by atoms with Crippen LogP contribution in [0.2, 0.25) is 5.02 Å². The van der Waals surface area contributed by atoms with E-state index in [1.54, 1.807) is 36.6 Å². The van der Waals surface area contributed by atoms with E-state index < -0.39 is 27.7 Å². The van der Waals surface area contributed by atoms with Crippen molar-refractivity contribution in [3.05, 3.63) is 79.9 Å². The Labute approximate surface area is 314 Å². The summed E-state index contributed by atoms with van der Waals surface area (Å²) in [7, 11) is -1.89. The number of likely N-dealkylation sites (tertiary alicyclic amines) is 1. The first-order valence-electron chi connectivity index (χ1n) is 16.9. The maximum atomic E-state index is 14.1. The number of thiophene rings is 1. The Balaban J connectivity index is 1.18. The van der Waals surface area contributed by atoms with Crippen LogP contribution < -0.4 is 15.2 Å².